The smallest absolute Gasteiger partial charge is 0.316 e. The predicted octanol–water partition coefficient (Wildman–Crippen LogP) is 0.616. The lowest BCUT2D eigenvalue weighted by Gasteiger charge is -2.12. The Hall–Kier alpha value is -1.57. The number of anilines is 2. The third-order valence-corrected chi connectivity index (χ3v) is 3.51. The van der Waals surface area contributed by atoms with Crippen molar-refractivity contribution >= 4 is 29.6 Å². The highest BCUT2D eigenvalue weighted by Gasteiger charge is 2.16. The Kier molecular flexibility index (Phi) is 5.14. The molecule has 1 atom stereocenters. The molecule has 8 heteroatoms. The molecular weight excluding hydrogens is 254 g/mol. The van der Waals surface area contributed by atoms with E-state index in [9.17, 15) is 4.79 Å². The van der Waals surface area contributed by atoms with Gasteiger partial charge in [0.25, 0.3) is 0 Å². The Morgan fingerprint density at radius 3 is 2.61 bits per heavy atom. The van der Waals surface area contributed by atoms with Crippen molar-refractivity contribution in [2.24, 2.45) is 0 Å². The molecule has 1 rings (SSSR count). The third kappa shape index (κ3) is 4.02. The monoisotopic (exact) mass is 271 g/mol. The summed E-state index contributed by atoms with van der Waals surface area (Å²) in [6.45, 7) is 1.83. The molecule has 0 amide bonds. The van der Waals surface area contributed by atoms with E-state index in [0.717, 1.165) is 0 Å². The van der Waals surface area contributed by atoms with E-state index >= 15 is 0 Å². The highest BCUT2D eigenvalue weighted by Crippen LogP contribution is 2.19. The molecule has 1 aromatic rings. The molecule has 0 fully saturated rings. The lowest BCUT2D eigenvalue weighted by atomic mass is 10.3. The maximum atomic E-state index is 10.9. The van der Waals surface area contributed by atoms with Gasteiger partial charge in [-0.3, -0.25) is 4.79 Å². The maximum Gasteiger partial charge on any atom is 0.316 e. The van der Waals surface area contributed by atoms with Crippen LogP contribution < -0.4 is 10.6 Å². The number of hydrogen-bond donors (Lipinski definition) is 2. The molecule has 3 N–H and O–H groups in total. The molecule has 0 aliphatic rings. The zero-order valence-electron chi connectivity index (χ0n) is 10.6. The summed E-state index contributed by atoms with van der Waals surface area (Å²) in [4.78, 5) is 24.8. The Labute approximate surface area is 110 Å². The molecule has 0 aliphatic carbocycles. The first-order chi connectivity index (χ1) is 8.43. The first-order valence-corrected chi connectivity index (χ1v) is 6.51. The highest BCUT2D eigenvalue weighted by atomic mass is 32.2. The van der Waals surface area contributed by atoms with Crippen LogP contribution in [0.3, 0.4) is 0 Å². The van der Waals surface area contributed by atoms with Crippen LogP contribution in [0.15, 0.2) is 0 Å². The normalized spacial score (nSPS) is 12.2. The summed E-state index contributed by atoms with van der Waals surface area (Å²) in [5, 5.41) is 8.49. The molecule has 100 valence electrons. The maximum absolute atomic E-state index is 10.9. The average Bonchev–Trinajstić information content (AvgIpc) is 2.28. The van der Waals surface area contributed by atoms with E-state index in [1.165, 1.54) is 11.8 Å². The van der Waals surface area contributed by atoms with Crippen LogP contribution in [0.5, 0.6) is 0 Å². The number of thioether (sulfide) groups is 1. The summed E-state index contributed by atoms with van der Waals surface area (Å²) in [6, 6.07) is 0. The van der Waals surface area contributed by atoms with Crippen molar-refractivity contribution in [2.75, 3.05) is 24.7 Å². The van der Waals surface area contributed by atoms with Crippen molar-refractivity contribution in [3.63, 3.8) is 0 Å². The molecule has 0 spiro atoms. The molecule has 0 radical (unpaired) electrons. The van der Waals surface area contributed by atoms with Crippen LogP contribution in [0.4, 0.5) is 11.9 Å². The molecule has 1 aromatic heterocycles. The van der Waals surface area contributed by atoms with Crippen molar-refractivity contribution < 1.29 is 9.90 Å². The lowest BCUT2D eigenvalue weighted by Crippen LogP contribution is -2.18. The molecule has 0 saturated carbocycles. The molecule has 0 aromatic carbocycles. The lowest BCUT2D eigenvalue weighted by molar-refractivity contribution is -0.136. The van der Waals surface area contributed by atoms with E-state index in [2.05, 4.69) is 15.0 Å². The Balaban J connectivity index is 2.75. The summed E-state index contributed by atoms with van der Waals surface area (Å²) >= 11 is 1.29. The van der Waals surface area contributed by atoms with E-state index in [-0.39, 0.29) is 5.95 Å². The van der Waals surface area contributed by atoms with Gasteiger partial charge in [-0.1, -0.05) is 6.92 Å². The van der Waals surface area contributed by atoms with Crippen LogP contribution in [0.2, 0.25) is 0 Å². The number of hydrogen-bond acceptors (Lipinski definition) is 7. The van der Waals surface area contributed by atoms with E-state index in [0.29, 0.717) is 23.9 Å². The number of aliphatic carboxylic acids is 1. The predicted molar refractivity (Wildman–Crippen MR) is 71.6 cm³/mol. The second-order valence-electron chi connectivity index (χ2n) is 3.85. The Morgan fingerprint density at radius 2 is 2.11 bits per heavy atom. The van der Waals surface area contributed by atoms with Gasteiger partial charge in [-0.2, -0.15) is 15.0 Å². The SMILES string of the molecule is CCC(SCc1nc(N)nc(N(C)C)n1)C(=O)O. The van der Waals surface area contributed by atoms with Crippen LogP contribution in [-0.4, -0.2) is 45.4 Å². The molecule has 18 heavy (non-hydrogen) atoms. The standard InChI is InChI=1S/C10H17N5O2S/c1-4-6(8(16)17)18-5-7-12-9(11)14-10(13-7)15(2)3/h6H,4-5H2,1-3H3,(H,16,17)(H2,11,12,13,14). The summed E-state index contributed by atoms with van der Waals surface area (Å²) in [6.07, 6.45) is 0.557. The minimum Gasteiger partial charge on any atom is -0.480 e. The summed E-state index contributed by atoms with van der Waals surface area (Å²) in [5.74, 6) is 0.695. The second kappa shape index (κ2) is 6.39. The van der Waals surface area contributed by atoms with Crippen molar-refractivity contribution in [2.45, 2.75) is 24.3 Å². The third-order valence-electron chi connectivity index (χ3n) is 2.15. The minimum atomic E-state index is -0.822. The van der Waals surface area contributed by atoms with Crippen LogP contribution in [0.1, 0.15) is 19.2 Å². The van der Waals surface area contributed by atoms with Crippen LogP contribution in [-0.2, 0) is 10.5 Å². The van der Waals surface area contributed by atoms with Crippen LogP contribution in [0.25, 0.3) is 0 Å². The second-order valence-corrected chi connectivity index (χ2v) is 5.04. The fourth-order valence-electron chi connectivity index (χ4n) is 1.23. The quantitative estimate of drug-likeness (QED) is 0.775. The molecule has 1 unspecified atom stereocenters. The van der Waals surface area contributed by atoms with Crippen molar-refractivity contribution in [3.05, 3.63) is 5.82 Å². The Bertz CT molecular complexity index is 427. The van der Waals surface area contributed by atoms with Crippen LogP contribution in [0, 0.1) is 0 Å². The average molecular weight is 271 g/mol. The summed E-state index contributed by atoms with van der Waals surface area (Å²) < 4.78 is 0. The number of carboxylic acid groups (broad SMARTS) is 1. The van der Waals surface area contributed by atoms with Crippen LogP contribution >= 0.6 is 11.8 Å². The number of nitrogens with zero attached hydrogens (tertiary/aromatic N) is 4. The van der Waals surface area contributed by atoms with E-state index in [1.807, 2.05) is 6.92 Å². The number of nitrogen functional groups attached to an aromatic ring is 1. The first-order valence-electron chi connectivity index (χ1n) is 5.46. The van der Waals surface area contributed by atoms with Crippen molar-refractivity contribution in [3.8, 4) is 0 Å². The largest absolute Gasteiger partial charge is 0.480 e. The number of carboxylic acids is 1. The van der Waals surface area contributed by atoms with Gasteiger partial charge in [-0.05, 0) is 6.42 Å². The fraction of sp³-hybridized carbons (Fsp3) is 0.600. The minimum absolute atomic E-state index is 0.146. The summed E-state index contributed by atoms with van der Waals surface area (Å²) in [7, 11) is 3.61. The molecule has 0 saturated heterocycles. The van der Waals surface area contributed by atoms with Gasteiger partial charge in [0, 0.05) is 14.1 Å². The zero-order valence-corrected chi connectivity index (χ0v) is 11.4. The highest BCUT2D eigenvalue weighted by molar-refractivity contribution is 7.99. The van der Waals surface area contributed by atoms with E-state index < -0.39 is 11.2 Å². The van der Waals surface area contributed by atoms with E-state index in [1.54, 1.807) is 19.0 Å². The number of nitrogens with two attached hydrogens (primary N) is 1. The molecule has 0 bridgehead atoms. The van der Waals surface area contributed by atoms with Gasteiger partial charge in [0.15, 0.2) is 0 Å². The van der Waals surface area contributed by atoms with Gasteiger partial charge in [-0.15, -0.1) is 11.8 Å². The van der Waals surface area contributed by atoms with Gasteiger partial charge >= 0.3 is 5.97 Å². The Morgan fingerprint density at radius 1 is 1.44 bits per heavy atom. The van der Waals surface area contributed by atoms with Gasteiger partial charge < -0.3 is 15.7 Å². The van der Waals surface area contributed by atoms with Gasteiger partial charge in [0.2, 0.25) is 11.9 Å². The van der Waals surface area contributed by atoms with Gasteiger partial charge in [-0.25, -0.2) is 0 Å². The number of carbonyl (C=O) groups is 1. The number of aromatic nitrogens is 3. The van der Waals surface area contributed by atoms with Gasteiger partial charge in [0.1, 0.15) is 11.1 Å². The summed E-state index contributed by atoms with van der Waals surface area (Å²) in [5.41, 5.74) is 5.58. The zero-order chi connectivity index (χ0) is 13.7. The van der Waals surface area contributed by atoms with Crippen molar-refractivity contribution in [1.82, 2.24) is 15.0 Å². The molecule has 1 heterocycles. The molecule has 0 aliphatic heterocycles. The first kappa shape index (κ1) is 14.5. The van der Waals surface area contributed by atoms with Gasteiger partial charge in [0.05, 0.1) is 5.75 Å². The molecule has 7 nitrogen and oxygen atoms in total. The topological polar surface area (TPSA) is 105 Å². The number of rotatable bonds is 6. The van der Waals surface area contributed by atoms with E-state index in [4.69, 9.17) is 10.8 Å². The van der Waals surface area contributed by atoms with Crippen molar-refractivity contribution in [1.29, 1.82) is 0 Å². The fourth-order valence-corrected chi connectivity index (χ4v) is 2.09. The molecular formula is C10H17N5O2S.